The summed E-state index contributed by atoms with van der Waals surface area (Å²) in [7, 11) is 0. The zero-order valence-corrected chi connectivity index (χ0v) is 10.7. The highest BCUT2D eigenvalue weighted by atomic mass is 35.5. The van der Waals surface area contributed by atoms with E-state index in [1.165, 1.54) is 11.8 Å². The lowest BCUT2D eigenvalue weighted by Gasteiger charge is -2.10. The summed E-state index contributed by atoms with van der Waals surface area (Å²) in [5.74, 6) is -0.00506. The average molecular weight is 259 g/mol. The molecule has 1 atom stereocenters. The van der Waals surface area contributed by atoms with Gasteiger partial charge in [0.2, 0.25) is 0 Å². The standard InChI is InChI=1S/C12H15ClO2S/c1-2-3-11(12(14)15)16-8-9-4-6-10(13)7-5-9/h4-7,11H,2-3,8H2,1H3,(H,14,15). The molecule has 0 heterocycles. The molecule has 0 aromatic heterocycles. The Hall–Kier alpha value is -0.670. The molecule has 0 saturated carbocycles. The van der Waals surface area contributed by atoms with Crippen LogP contribution in [0.25, 0.3) is 0 Å². The normalized spacial score (nSPS) is 12.4. The van der Waals surface area contributed by atoms with Crippen molar-refractivity contribution in [2.75, 3.05) is 0 Å². The number of carboxylic acids is 1. The summed E-state index contributed by atoms with van der Waals surface area (Å²) in [6.07, 6.45) is 1.61. The molecule has 0 fully saturated rings. The van der Waals surface area contributed by atoms with Crippen molar-refractivity contribution in [1.29, 1.82) is 0 Å². The molecule has 1 unspecified atom stereocenters. The second kappa shape index (κ2) is 6.81. The highest BCUT2D eigenvalue weighted by Gasteiger charge is 2.16. The minimum atomic E-state index is -0.721. The van der Waals surface area contributed by atoms with Crippen LogP contribution < -0.4 is 0 Å². The minimum absolute atomic E-state index is 0.305. The number of aliphatic carboxylic acids is 1. The van der Waals surface area contributed by atoms with Crippen molar-refractivity contribution in [2.45, 2.75) is 30.8 Å². The maximum absolute atomic E-state index is 10.9. The van der Waals surface area contributed by atoms with Crippen LogP contribution in [0.2, 0.25) is 5.02 Å². The highest BCUT2D eigenvalue weighted by molar-refractivity contribution is 7.99. The smallest absolute Gasteiger partial charge is 0.316 e. The van der Waals surface area contributed by atoms with E-state index in [1.54, 1.807) is 0 Å². The first-order valence-electron chi connectivity index (χ1n) is 5.22. The fourth-order valence-corrected chi connectivity index (χ4v) is 2.57. The molecule has 0 aliphatic heterocycles. The number of hydrogen-bond acceptors (Lipinski definition) is 2. The molecule has 16 heavy (non-hydrogen) atoms. The molecule has 0 saturated heterocycles. The monoisotopic (exact) mass is 258 g/mol. The second-order valence-corrected chi connectivity index (χ2v) is 5.18. The highest BCUT2D eigenvalue weighted by Crippen LogP contribution is 2.22. The van der Waals surface area contributed by atoms with E-state index in [1.807, 2.05) is 31.2 Å². The quantitative estimate of drug-likeness (QED) is 0.843. The van der Waals surface area contributed by atoms with E-state index in [-0.39, 0.29) is 5.25 Å². The molecule has 1 aromatic rings. The number of carboxylic acid groups (broad SMARTS) is 1. The van der Waals surface area contributed by atoms with Gasteiger partial charge in [0.25, 0.3) is 0 Å². The Morgan fingerprint density at radius 1 is 1.44 bits per heavy atom. The molecule has 0 aliphatic rings. The average Bonchev–Trinajstić information content (AvgIpc) is 2.26. The van der Waals surface area contributed by atoms with Crippen LogP contribution in [-0.4, -0.2) is 16.3 Å². The number of carbonyl (C=O) groups is 1. The zero-order chi connectivity index (χ0) is 12.0. The number of halogens is 1. The Labute approximate surface area is 105 Å². The molecule has 1 aromatic carbocycles. The second-order valence-electron chi connectivity index (χ2n) is 3.55. The van der Waals surface area contributed by atoms with Gasteiger partial charge in [-0.15, -0.1) is 11.8 Å². The number of benzene rings is 1. The van der Waals surface area contributed by atoms with Gasteiger partial charge in [0.15, 0.2) is 0 Å². The van der Waals surface area contributed by atoms with E-state index >= 15 is 0 Å². The van der Waals surface area contributed by atoms with Crippen LogP contribution in [0.1, 0.15) is 25.3 Å². The largest absolute Gasteiger partial charge is 0.480 e. The van der Waals surface area contributed by atoms with E-state index in [0.29, 0.717) is 17.2 Å². The van der Waals surface area contributed by atoms with E-state index < -0.39 is 5.97 Å². The molecule has 4 heteroatoms. The van der Waals surface area contributed by atoms with Crippen LogP contribution in [0.3, 0.4) is 0 Å². The van der Waals surface area contributed by atoms with Crippen LogP contribution in [-0.2, 0) is 10.5 Å². The maximum Gasteiger partial charge on any atom is 0.316 e. The van der Waals surface area contributed by atoms with Gasteiger partial charge in [-0.2, -0.15) is 0 Å². The van der Waals surface area contributed by atoms with Crippen molar-refractivity contribution in [3.8, 4) is 0 Å². The van der Waals surface area contributed by atoms with E-state index in [2.05, 4.69) is 0 Å². The van der Waals surface area contributed by atoms with Gasteiger partial charge in [-0.05, 0) is 24.1 Å². The maximum atomic E-state index is 10.9. The number of rotatable bonds is 6. The summed E-state index contributed by atoms with van der Waals surface area (Å²) in [6, 6.07) is 7.51. The lowest BCUT2D eigenvalue weighted by Crippen LogP contribution is -2.16. The van der Waals surface area contributed by atoms with Gasteiger partial charge in [0.1, 0.15) is 5.25 Å². The summed E-state index contributed by atoms with van der Waals surface area (Å²) in [5.41, 5.74) is 1.11. The first kappa shape index (κ1) is 13.4. The van der Waals surface area contributed by atoms with Gasteiger partial charge in [-0.25, -0.2) is 0 Å². The zero-order valence-electron chi connectivity index (χ0n) is 9.15. The summed E-state index contributed by atoms with van der Waals surface area (Å²) in [4.78, 5) is 10.9. The summed E-state index contributed by atoms with van der Waals surface area (Å²) in [6.45, 7) is 2.00. The van der Waals surface area contributed by atoms with Gasteiger partial charge >= 0.3 is 5.97 Å². The molecule has 2 nitrogen and oxygen atoms in total. The molecule has 0 spiro atoms. The third kappa shape index (κ3) is 4.45. The van der Waals surface area contributed by atoms with Gasteiger partial charge in [-0.3, -0.25) is 4.79 Å². The van der Waals surface area contributed by atoms with Crippen LogP contribution in [0.4, 0.5) is 0 Å². The Morgan fingerprint density at radius 2 is 2.06 bits per heavy atom. The molecular formula is C12H15ClO2S. The fraction of sp³-hybridized carbons (Fsp3) is 0.417. The first-order valence-corrected chi connectivity index (χ1v) is 6.65. The van der Waals surface area contributed by atoms with Crippen molar-refractivity contribution in [3.05, 3.63) is 34.9 Å². The molecule has 88 valence electrons. The Balaban J connectivity index is 2.48. The van der Waals surface area contributed by atoms with Crippen molar-refractivity contribution in [2.24, 2.45) is 0 Å². The summed E-state index contributed by atoms with van der Waals surface area (Å²) >= 11 is 7.24. The van der Waals surface area contributed by atoms with E-state index in [0.717, 1.165) is 12.0 Å². The van der Waals surface area contributed by atoms with Gasteiger partial charge in [0.05, 0.1) is 0 Å². The molecule has 0 bridgehead atoms. The van der Waals surface area contributed by atoms with Crippen LogP contribution in [0.5, 0.6) is 0 Å². The van der Waals surface area contributed by atoms with Crippen molar-refractivity contribution in [1.82, 2.24) is 0 Å². The van der Waals surface area contributed by atoms with Crippen molar-refractivity contribution >= 4 is 29.3 Å². The van der Waals surface area contributed by atoms with Gasteiger partial charge in [-0.1, -0.05) is 37.1 Å². The topological polar surface area (TPSA) is 37.3 Å². The third-order valence-electron chi connectivity index (χ3n) is 2.19. The predicted molar refractivity (Wildman–Crippen MR) is 69.1 cm³/mol. The Morgan fingerprint density at radius 3 is 2.56 bits per heavy atom. The molecule has 1 rings (SSSR count). The van der Waals surface area contributed by atoms with Gasteiger partial charge in [0, 0.05) is 10.8 Å². The van der Waals surface area contributed by atoms with E-state index in [4.69, 9.17) is 16.7 Å². The van der Waals surface area contributed by atoms with Crippen LogP contribution in [0, 0.1) is 0 Å². The molecule has 1 N–H and O–H groups in total. The number of thioether (sulfide) groups is 1. The first-order chi connectivity index (χ1) is 7.63. The summed E-state index contributed by atoms with van der Waals surface area (Å²) < 4.78 is 0. The number of hydrogen-bond donors (Lipinski definition) is 1. The molecular weight excluding hydrogens is 244 g/mol. The van der Waals surface area contributed by atoms with Crippen LogP contribution in [0.15, 0.2) is 24.3 Å². The Kier molecular flexibility index (Phi) is 5.71. The summed E-state index contributed by atoms with van der Waals surface area (Å²) in [5, 5.41) is 9.39. The Bertz CT molecular complexity index is 337. The fourth-order valence-electron chi connectivity index (χ4n) is 1.32. The van der Waals surface area contributed by atoms with Crippen LogP contribution >= 0.6 is 23.4 Å². The predicted octanol–water partition coefficient (Wildman–Crippen LogP) is 3.83. The van der Waals surface area contributed by atoms with Crippen molar-refractivity contribution < 1.29 is 9.90 Å². The molecule has 0 aliphatic carbocycles. The molecule has 0 amide bonds. The van der Waals surface area contributed by atoms with E-state index in [9.17, 15) is 4.79 Å². The third-order valence-corrected chi connectivity index (χ3v) is 3.78. The van der Waals surface area contributed by atoms with Crippen molar-refractivity contribution in [3.63, 3.8) is 0 Å². The lowest BCUT2D eigenvalue weighted by atomic mass is 10.2. The minimum Gasteiger partial charge on any atom is -0.480 e. The SMILES string of the molecule is CCCC(SCc1ccc(Cl)cc1)C(=O)O. The van der Waals surface area contributed by atoms with Gasteiger partial charge < -0.3 is 5.11 Å². The molecule has 0 radical (unpaired) electrons. The lowest BCUT2D eigenvalue weighted by molar-refractivity contribution is -0.136.